The Morgan fingerprint density at radius 3 is 2.87 bits per heavy atom. The smallest absolute Gasteiger partial charge is 0.248 e. The van der Waals surface area contributed by atoms with Gasteiger partial charge in [0, 0.05) is 29.3 Å². The van der Waals surface area contributed by atoms with Gasteiger partial charge in [0.1, 0.15) is 5.82 Å². The van der Waals surface area contributed by atoms with Crippen molar-refractivity contribution in [3.8, 4) is 11.3 Å². The second kappa shape index (κ2) is 6.46. The normalized spacial score (nSPS) is 18.8. The van der Waals surface area contributed by atoms with Crippen molar-refractivity contribution < 1.29 is 4.79 Å². The lowest BCUT2D eigenvalue weighted by Crippen LogP contribution is -2.31. The minimum absolute atomic E-state index is 0.367. The topological polar surface area (TPSA) is 72.1 Å². The van der Waals surface area contributed by atoms with E-state index in [1.807, 2.05) is 25.1 Å². The number of benzene rings is 1. The molecule has 23 heavy (non-hydrogen) atoms. The van der Waals surface area contributed by atoms with Crippen molar-refractivity contribution in [2.24, 2.45) is 5.73 Å². The van der Waals surface area contributed by atoms with E-state index in [1.54, 1.807) is 12.1 Å². The fourth-order valence-corrected chi connectivity index (χ4v) is 3.13. The molecule has 1 unspecified atom stereocenters. The SMILES string of the molecule is Cc1cc(-c2cccc(C(N)=O)c2)nc(C2CCCN(C)C2)n1. The first-order valence-electron chi connectivity index (χ1n) is 7.97. The lowest BCUT2D eigenvalue weighted by molar-refractivity contribution is 0.100. The van der Waals surface area contributed by atoms with E-state index in [0.29, 0.717) is 11.5 Å². The Morgan fingerprint density at radius 1 is 1.30 bits per heavy atom. The number of nitrogens with zero attached hydrogens (tertiary/aromatic N) is 3. The van der Waals surface area contributed by atoms with Crippen molar-refractivity contribution in [1.82, 2.24) is 14.9 Å². The first-order valence-corrected chi connectivity index (χ1v) is 7.97. The number of carbonyl (C=O) groups is 1. The molecule has 5 heteroatoms. The Balaban J connectivity index is 1.97. The number of piperidine rings is 1. The number of primary amides is 1. The van der Waals surface area contributed by atoms with E-state index >= 15 is 0 Å². The number of hydrogen-bond acceptors (Lipinski definition) is 4. The zero-order valence-electron chi connectivity index (χ0n) is 13.6. The van der Waals surface area contributed by atoms with E-state index < -0.39 is 5.91 Å². The zero-order chi connectivity index (χ0) is 16.4. The minimum atomic E-state index is -0.424. The van der Waals surface area contributed by atoms with Gasteiger partial charge in [0.25, 0.3) is 0 Å². The number of carbonyl (C=O) groups excluding carboxylic acids is 1. The summed E-state index contributed by atoms with van der Waals surface area (Å²) in [5, 5.41) is 0. The van der Waals surface area contributed by atoms with Gasteiger partial charge >= 0.3 is 0 Å². The highest BCUT2D eigenvalue weighted by Gasteiger charge is 2.22. The quantitative estimate of drug-likeness (QED) is 0.944. The standard InChI is InChI=1S/C18H22N4O/c1-12-9-16(13-5-3-6-14(10-13)17(19)23)21-18(20-12)15-7-4-8-22(2)11-15/h3,5-6,9-10,15H,4,7-8,11H2,1-2H3,(H2,19,23). The van der Waals surface area contributed by atoms with Crippen LogP contribution in [0.25, 0.3) is 11.3 Å². The van der Waals surface area contributed by atoms with Crippen molar-refractivity contribution in [1.29, 1.82) is 0 Å². The van der Waals surface area contributed by atoms with E-state index in [1.165, 1.54) is 6.42 Å². The largest absolute Gasteiger partial charge is 0.366 e. The van der Waals surface area contributed by atoms with Crippen molar-refractivity contribution in [3.63, 3.8) is 0 Å². The van der Waals surface area contributed by atoms with Crippen LogP contribution < -0.4 is 5.73 Å². The average Bonchev–Trinajstić information content (AvgIpc) is 2.54. The van der Waals surface area contributed by atoms with E-state index in [9.17, 15) is 4.79 Å². The molecule has 1 atom stereocenters. The van der Waals surface area contributed by atoms with Gasteiger partial charge in [-0.05, 0) is 51.6 Å². The van der Waals surface area contributed by atoms with Crippen LogP contribution in [0, 0.1) is 6.92 Å². The summed E-state index contributed by atoms with van der Waals surface area (Å²) in [4.78, 5) is 23.1. The van der Waals surface area contributed by atoms with Gasteiger partial charge in [-0.15, -0.1) is 0 Å². The maximum absolute atomic E-state index is 11.4. The molecule has 5 nitrogen and oxygen atoms in total. The lowest BCUT2D eigenvalue weighted by atomic mass is 9.97. The summed E-state index contributed by atoms with van der Waals surface area (Å²) in [5.41, 5.74) is 8.57. The maximum atomic E-state index is 11.4. The summed E-state index contributed by atoms with van der Waals surface area (Å²) in [5.74, 6) is 0.842. The first-order chi connectivity index (χ1) is 11.0. The minimum Gasteiger partial charge on any atom is -0.366 e. The summed E-state index contributed by atoms with van der Waals surface area (Å²) < 4.78 is 0. The van der Waals surface area contributed by atoms with Crippen LogP contribution in [0.4, 0.5) is 0 Å². The predicted molar refractivity (Wildman–Crippen MR) is 90.2 cm³/mol. The molecule has 0 saturated carbocycles. The molecule has 1 aromatic heterocycles. The summed E-state index contributed by atoms with van der Waals surface area (Å²) in [6.07, 6.45) is 2.29. The Kier molecular flexibility index (Phi) is 4.39. The number of aromatic nitrogens is 2. The molecule has 3 rings (SSSR count). The molecule has 2 heterocycles. The van der Waals surface area contributed by atoms with Crippen LogP contribution in [0.15, 0.2) is 30.3 Å². The molecule has 1 aliphatic rings. The number of amides is 1. The van der Waals surface area contributed by atoms with E-state index in [2.05, 4.69) is 16.9 Å². The van der Waals surface area contributed by atoms with Gasteiger partial charge in [0.2, 0.25) is 5.91 Å². The fraction of sp³-hybridized carbons (Fsp3) is 0.389. The van der Waals surface area contributed by atoms with Crippen LogP contribution >= 0.6 is 0 Å². The van der Waals surface area contributed by atoms with Crippen molar-refractivity contribution >= 4 is 5.91 Å². The van der Waals surface area contributed by atoms with Crippen molar-refractivity contribution in [2.75, 3.05) is 20.1 Å². The number of rotatable bonds is 3. The van der Waals surface area contributed by atoms with E-state index in [-0.39, 0.29) is 0 Å². The average molecular weight is 310 g/mol. The number of hydrogen-bond donors (Lipinski definition) is 1. The molecular weight excluding hydrogens is 288 g/mol. The second-order valence-electron chi connectivity index (χ2n) is 6.30. The summed E-state index contributed by atoms with van der Waals surface area (Å²) >= 11 is 0. The molecule has 120 valence electrons. The van der Waals surface area contributed by atoms with E-state index in [0.717, 1.165) is 42.3 Å². The molecule has 1 aliphatic heterocycles. The number of likely N-dealkylation sites (N-methyl/N-ethyl adjacent to an activating group) is 1. The van der Waals surface area contributed by atoms with Crippen LogP contribution in [0.1, 0.15) is 40.6 Å². The highest BCUT2D eigenvalue weighted by Crippen LogP contribution is 2.26. The molecule has 1 aromatic carbocycles. The number of aryl methyl sites for hydroxylation is 1. The van der Waals surface area contributed by atoms with Crippen LogP contribution in [-0.4, -0.2) is 40.9 Å². The van der Waals surface area contributed by atoms with Gasteiger partial charge in [0.15, 0.2) is 0 Å². The molecule has 1 amide bonds. The van der Waals surface area contributed by atoms with Crippen LogP contribution in [-0.2, 0) is 0 Å². The first kappa shape index (κ1) is 15.6. The van der Waals surface area contributed by atoms with E-state index in [4.69, 9.17) is 10.7 Å². The lowest BCUT2D eigenvalue weighted by Gasteiger charge is -2.28. The molecule has 2 N–H and O–H groups in total. The Bertz CT molecular complexity index is 729. The third-order valence-electron chi connectivity index (χ3n) is 4.30. The second-order valence-corrected chi connectivity index (χ2v) is 6.30. The van der Waals surface area contributed by atoms with Gasteiger partial charge in [-0.3, -0.25) is 4.79 Å². The molecule has 0 spiro atoms. The van der Waals surface area contributed by atoms with Crippen LogP contribution in [0.3, 0.4) is 0 Å². The van der Waals surface area contributed by atoms with Gasteiger partial charge in [-0.2, -0.15) is 0 Å². The molecule has 0 radical (unpaired) electrons. The molecular formula is C18H22N4O. The molecule has 2 aromatic rings. The monoisotopic (exact) mass is 310 g/mol. The van der Waals surface area contributed by atoms with Gasteiger partial charge < -0.3 is 10.6 Å². The van der Waals surface area contributed by atoms with Gasteiger partial charge in [0.05, 0.1) is 5.69 Å². The number of nitrogens with two attached hydrogens (primary N) is 1. The molecule has 0 aliphatic carbocycles. The number of likely N-dealkylation sites (tertiary alicyclic amines) is 1. The Morgan fingerprint density at radius 2 is 2.13 bits per heavy atom. The molecule has 1 saturated heterocycles. The van der Waals surface area contributed by atoms with Crippen molar-refractivity contribution in [2.45, 2.75) is 25.7 Å². The fourth-order valence-electron chi connectivity index (χ4n) is 3.13. The van der Waals surface area contributed by atoms with Gasteiger partial charge in [-0.25, -0.2) is 9.97 Å². The predicted octanol–water partition coefficient (Wildman–Crippen LogP) is 2.36. The third-order valence-corrected chi connectivity index (χ3v) is 4.30. The maximum Gasteiger partial charge on any atom is 0.248 e. The Labute approximate surface area is 136 Å². The Hall–Kier alpha value is -2.27. The summed E-state index contributed by atoms with van der Waals surface area (Å²) in [7, 11) is 2.14. The van der Waals surface area contributed by atoms with Crippen molar-refractivity contribution in [3.05, 3.63) is 47.4 Å². The molecule has 1 fully saturated rings. The summed E-state index contributed by atoms with van der Waals surface area (Å²) in [6, 6.07) is 9.25. The zero-order valence-corrected chi connectivity index (χ0v) is 13.6. The summed E-state index contributed by atoms with van der Waals surface area (Å²) in [6.45, 7) is 4.11. The highest BCUT2D eigenvalue weighted by atomic mass is 16.1. The van der Waals surface area contributed by atoms with Crippen LogP contribution in [0.2, 0.25) is 0 Å². The third kappa shape index (κ3) is 3.56. The van der Waals surface area contributed by atoms with Crippen LogP contribution in [0.5, 0.6) is 0 Å². The molecule has 0 bridgehead atoms. The van der Waals surface area contributed by atoms with Gasteiger partial charge in [-0.1, -0.05) is 12.1 Å². The highest BCUT2D eigenvalue weighted by molar-refractivity contribution is 5.93.